The van der Waals surface area contributed by atoms with Crippen LogP contribution in [0.4, 0.5) is 0 Å². The highest BCUT2D eigenvalue weighted by Crippen LogP contribution is 2.18. The monoisotopic (exact) mass is 567 g/mol. The smallest absolute Gasteiger partial charge is 0.306 e. The quantitative estimate of drug-likeness (QED) is 0.0633. The Balaban J connectivity index is 3.83. The lowest BCUT2D eigenvalue weighted by molar-refractivity contribution is -0.150. The number of carboxylic acid groups (broad SMARTS) is 1. The number of ether oxygens (including phenoxy) is 1. The number of unbranched alkanes of at least 4 members (excludes halogenated alkanes) is 24. The van der Waals surface area contributed by atoms with E-state index >= 15 is 0 Å². The lowest BCUT2D eigenvalue weighted by Gasteiger charge is -2.18. The molecule has 0 heterocycles. The molecule has 0 aliphatic carbocycles. The molecule has 0 spiro atoms. The summed E-state index contributed by atoms with van der Waals surface area (Å²) in [4.78, 5) is 23.3. The number of hydrogen-bond donors (Lipinski definition) is 1. The van der Waals surface area contributed by atoms with E-state index in [-0.39, 0.29) is 18.5 Å². The molecule has 0 aliphatic rings. The van der Waals surface area contributed by atoms with E-state index in [2.05, 4.69) is 13.8 Å². The van der Waals surface area contributed by atoms with Crippen LogP contribution in [-0.2, 0) is 14.3 Å². The molecule has 0 rings (SSSR count). The Labute approximate surface area is 250 Å². The van der Waals surface area contributed by atoms with E-state index in [1.54, 1.807) is 0 Å². The summed E-state index contributed by atoms with van der Waals surface area (Å²) in [7, 11) is 0. The van der Waals surface area contributed by atoms with Crippen LogP contribution in [0.5, 0.6) is 0 Å². The highest BCUT2D eigenvalue weighted by molar-refractivity contribution is 5.69. The zero-order valence-corrected chi connectivity index (χ0v) is 27.2. The molecule has 4 nitrogen and oxygen atoms in total. The van der Waals surface area contributed by atoms with E-state index in [1.807, 2.05) is 0 Å². The van der Waals surface area contributed by atoms with Crippen molar-refractivity contribution in [1.29, 1.82) is 0 Å². The van der Waals surface area contributed by atoms with Crippen LogP contribution in [0.15, 0.2) is 0 Å². The molecular formula is C36H70O4. The largest absolute Gasteiger partial charge is 0.481 e. The van der Waals surface area contributed by atoms with Crippen LogP contribution in [0.2, 0.25) is 0 Å². The molecule has 0 aromatic heterocycles. The minimum Gasteiger partial charge on any atom is -0.481 e. The number of carboxylic acids is 1. The van der Waals surface area contributed by atoms with Crippen molar-refractivity contribution >= 4 is 11.9 Å². The molecule has 0 aromatic rings. The van der Waals surface area contributed by atoms with Gasteiger partial charge in [-0.3, -0.25) is 9.59 Å². The van der Waals surface area contributed by atoms with Crippen molar-refractivity contribution in [3.8, 4) is 0 Å². The molecule has 0 radical (unpaired) electrons. The molecule has 1 atom stereocenters. The SMILES string of the molecule is CCCCCCCCCCCCCCCCCC(=O)OC(CCCCCCCCCCCC)CCCCC(=O)O. The van der Waals surface area contributed by atoms with Gasteiger partial charge in [0.2, 0.25) is 0 Å². The molecule has 0 aromatic carbocycles. The summed E-state index contributed by atoms with van der Waals surface area (Å²) in [6.45, 7) is 4.54. The maximum Gasteiger partial charge on any atom is 0.306 e. The Morgan fingerprint density at radius 2 is 0.750 bits per heavy atom. The molecular weight excluding hydrogens is 496 g/mol. The number of carbonyl (C=O) groups is 2. The zero-order valence-electron chi connectivity index (χ0n) is 27.2. The minimum absolute atomic E-state index is 0.0355. The fraction of sp³-hybridized carbons (Fsp3) is 0.944. The third-order valence-corrected chi connectivity index (χ3v) is 8.33. The summed E-state index contributed by atoms with van der Waals surface area (Å²) < 4.78 is 5.87. The second-order valence-corrected chi connectivity index (χ2v) is 12.4. The molecule has 4 heteroatoms. The van der Waals surface area contributed by atoms with Gasteiger partial charge in [-0.15, -0.1) is 0 Å². The predicted octanol–water partition coefficient (Wildman–Crippen LogP) is 12.1. The summed E-state index contributed by atoms with van der Waals surface area (Å²) in [5.74, 6) is -0.790. The summed E-state index contributed by atoms with van der Waals surface area (Å²) >= 11 is 0. The second-order valence-electron chi connectivity index (χ2n) is 12.4. The fourth-order valence-electron chi connectivity index (χ4n) is 5.66. The van der Waals surface area contributed by atoms with Gasteiger partial charge in [-0.05, 0) is 38.5 Å². The number of esters is 1. The van der Waals surface area contributed by atoms with Crippen molar-refractivity contribution < 1.29 is 19.4 Å². The van der Waals surface area contributed by atoms with Gasteiger partial charge in [0.15, 0.2) is 0 Å². The zero-order chi connectivity index (χ0) is 29.4. The number of hydrogen-bond acceptors (Lipinski definition) is 3. The topological polar surface area (TPSA) is 63.6 Å². The van der Waals surface area contributed by atoms with Crippen LogP contribution in [0.1, 0.15) is 213 Å². The summed E-state index contributed by atoms with van der Waals surface area (Å²) in [6.07, 6.45) is 36.8. The van der Waals surface area contributed by atoms with Crippen LogP contribution in [0.3, 0.4) is 0 Å². The Bertz CT molecular complexity index is 533. The van der Waals surface area contributed by atoms with Gasteiger partial charge in [-0.1, -0.05) is 162 Å². The van der Waals surface area contributed by atoms with Gasteiger partial charge in [0, 0.05) is 12.8 Å². The first-order valence-corrected chi connectivity index (χ1v) is 18.0. The highest BCUT2D eigenvalue weighted by atomic mass is 16.5. The van der Waals surface area contributed by atoms with E-state index in [0.717, 1.165) is 38.5 Å². The van der Waals surface area contributed by atoms with Gasteiger partial charge >= 0.3 is 11.9 Å². The summed E-state index contributed by atoms with van der Waals surface area (Å²) in [6, 6.07) is 0. The Hall–Kier alpha value is -1.06. The maximum atomic E-state index is 12.5. The third-order valence-electron chi connectivity index (χ3n) is 8.33. The lowest BCUT2D eigenvalue weighted by Crippen LogP contribution is -2.18. The van der Waals surface area contributed by atoms with E-state index in [4.69, 9.17) is 9.84 Å². The molecule has 1 N–H and O–H groups in total. The Morgan fingerprint density at radius 1 is 0.450 bits per heavy atom. The van der Waals surface area contributed by atoms with Crippen LogP contribution >= 0.6 is 0 Å². The lowest BCUT2D eigenvalue weighted by atomic mass is 10.0. The second kappa shape index (κ2) is 32.5. The minimum atomic E-state index is -0.739. The number of carbonyl (C=O) groups excluding carboxylic acids is 1. The van der Waals surface area contributed by atoms with Gasteiger partial charge in [-0.25, -0.2) is 0 Å². The van der Waals surface area contributed by atoms with Crippen molar-refractivity contribution in [2.45, 2.75) is 219 Å². The molecule has 40 heavy (non-hydrogen) atoms. The number of rotatable bonds is 33. The first kappa shape index (κ1) is 38.9. The first-order valence-electron chi connectivity index (χ1n) is 18.0. The van der Waals surface area contributed by atoms with Crippen molar-refractivity contribution in [1.82, 2.24) is 0 Å². The molecule has 0 saturated heterocycles. The van der Waals surface area contributed by atoms with Crippen LogP contribution in [0.25, 0.3) is 0 Å². The average molecular weight is 567 g/mol. The van der Waals surface area contributed by atoms with E-state index in [0.29, 0.717) is 12.8 Å². The predicted molar refractivity (Wildman–Crippen MR) is 172 cm³/mol. The van der Waals surface area contributed by atoms with E-state index in [9.17, 15) is 9.59 Å². The average Bonchev–Trinajstić information content (AvgIpc) is 2.93. The van der Waals surface area contributed by atoms with Gasteiger partial charge in [0.25, 0.3) is 0 Å². The molecule has 0 fully saturated rings. The van der Waals surface area contributed by atoms with Gasteiger partial charge in [0.1, 0.15) is 6.10 Å². The van der Waals surface area contributed by atoms with Crippen LogP contribution in [-0.4, -0.2) is 23.1 Å². The Morgan fingerprint density at radius 3 is 1.12 bits per heavy atom. The fourth-order valence-corrected chi connectivity index (χ4v) is 5.66. The molecule has 0 saturated carbocycles. The van der Waals surface area contributed by atoms with Gasteiger partial charge in [-0.2, -0.15) is 0 Å². The summed E-state index contributed by atoms with van der Waals surface area (Å²) in [5.41, 5.74) is 0. The summed E-state index contributed by atoms with van der Waals surface area (Å²) in [5, 5.41) is 8.91. The van der Waals surface area contributed by atoms with E-state index in [1.165, 1.54) is 141 Å². The normalized spacial score (nSPS) is 12.1. The van der Waals surface area contributed by atoms with Crippen LogP contribution in [0, 0.1) is 0 Å². The molecule has 1 unspecified atom stereocenters. The number of aliphatic carboxylic acids is 1. The Kier molecular flexibility index (Phi) is 31.6. The molecule has 0 bridgehead atoms. The highest BCUT2D eigenvalue weighted by Gasteiger charge is 2.14. The van der Waals surface area contributed by atoms with E-state index < -0.39 is 5.97 Å². The first-order chi connectivity index (χ1) is 19.6. The molecule has 0 amide bonds. The molecule has 0 aliphatic heterocycles. The van der Waals surface area contributed by atoms with Crippen molar-refractivity contribution in [2.24, 2.45) is 0 Å². The van der Waals surface area contributed by atoms with Crippen molar-refractivity contribution in [3.05, 3.63) is 0 Å². The standard InChI is InChI=1S/C36H70O4/c1-3-5-7-9-11-13-15-16-17-18-19-21-23-25-27-33-36(39)40-34(31-28-29-32-35(37)38)30-26-24-22-20-14-12-10-8-6-4-2/h34H,3-33H2,1-2H3,(H,37,38). The van der Waals surface area contributed by atoms with Crippen molar-refractivity contribution in [2.75, 3.05) is 0 Å². The van der Waals surface area contributed by atoms with Gasteiger partial charge < -0.3 is 9.84 Å². The third kappa shape index (κ3) is 31.5. The van der Waals surface area contributed by atoms with Crippen molar-refractivity contribution in [3.63, 3.8) is 0 Å². The van der Waals surface area contributed by atoms with Gasteiger partial charge in [0.05, 0.1) is 0 Å². The molecule has 238 valence electrons. The van der Waals surface area contributed by atoms with Crippen LogP contribution < -0.4 is 0 Å². The maximum absolute atomic E-state index is 12.5.